The first-order valence-corrected chi connectivity index (χ1v) is 11.1. The SMILES string of the molecule is CN(C)c1ccc(CN(C[C@H]2CCCO2)S(=O)(=O)c2ccc(Cl)s2)cc1. The molecule has 0 bridgehead atoms. The minimum absolute atomic E-state index is 0.0544. The van der Waals surface area contributed by atoms with Gasteiger partial charge in [-0.2, -0.15) is 4.31 Å². The molecule has 142 valence electrons. The lowest BCUT2D eigenvalue weighted by Crippen LogP contribution is -2.36. The summed E-state index contributed by atoms with van der Waals surface area (Å²) < 4.78 is 34.2. The van der Waals surface area contributed by atoms with Crippen LogP contribution in [0.4, 0.5) is 5.69 Å². The smallest absolute Gasteiger partial charge is 0.252 e. The van der Waals surface area contributed by atoms with Crippen molar-refractivity contribution in [1.29, 1.82) is 0 Å². The Morgan fingerprint density at radius 3 is 2.46 bits per heavy atom. The summed E-state index contributed by atoms with van der Waals surface area (Å²) >= 11 is 7.04. The lowest BCUT2D eigenvalue weighted by atomic mass is 10.2. The highest BCUT2D eigenvalue weighted by atomic mass is 35.5. The average Bonchev–Trinajstić information content (AvgIpc) is 3.26. The number of sulfonamides is 1. The van der Waals surface area contributed by atoms with Gasteiger partial charge in [0.05, 0.1) is 10.4 Å². The summed E-state index contributed by atoms with van der Waals surface area (Å²) in [6, 6.07) is 11.1. The minimum atomic E-state index is -3.62. The maximum Gasteiger partial charge on any atom is 0.252 e. The molecule has 1 aliphatic rings. The number of halogens is 1. The van der Waals surface area contributed by atoms with Gasteiger partial charge in [0.25, 0.3) is 10.0 Å². The first-order valence-electron chi connectivity index (χ1n) is 8.49. The Labute approximate surface area is 164 Å². The van der Waals surface area contributed by atoms with Crippen LogP contribution in [0.15, 0.2) is 40.6 Å². The molecule has 0 amide bonds. The van der Waals surface area contributed by atoms with Crippen molar-refractivity contribution in [2.24, 2.45) is 0 Å². The van der Waals surface area contributed by atoms with Gasteiger partial charge >= 0.3 is 0 Å². The maximum absolute atomic E-state index is 13.1. The highest BCUT2D eigenvalue weighted by Crippen LogP contribution is 2.30. The molecule has 1 fully saturated rings. The molecule has 2 heterocycles. The summed E-state index contributed by atoms with van der Waals surface area (Å²) in [5, 5.41) is 0. The van der Waals surface area contributed by atoms with Crippen LogP contribution in [-0.4, -0.2) is 46.1 Å². The third-order valence-electron chi connectivity index (χ3n) is 4.39. The summed E-state index contributed by atoms with van der Waals surface area (Å²) in [5.41, 5.74) is 2.02. The molecule has 1 aromatic heterocycles. The van der Waals surface area contributed by atoms with E-state index in [0.29, 0.717) is 24.0 Å². The van der Waals surface area contributed by atoms with Crippen molar-refractivity contribution in [3.05, 3.63) is 46.3 Å². The van der Waals surface area contributed by atoms with Gasteiger partial charge in [-0.05, 0) is 42.7 Å². The van der Waals surface area contributed by atoms with E-state index in [-0.39, 0.29) is 10.3 Å². The van der Waals surface area contributed by atoms with E-state index < -0.39 is 10.0 Å². The van der Waals surface area contributed by atoms with Crippen molar-refractivity contribution in [2.75, 3.05) is 32.1 Å². The van der Waals surface area contributed by atoms with Gasteiger partial charge in [-0.3, -0.25) is 0 Å². The zero-order valence-corrected chi connectivity index (χ0v) is 17.3. The Morgan fingerprint density at radius 2 is 1.92 bits per heavy atom. The standard InChI is InChI=1S/C18H23ClN2O3S2/c1-20(2)15-7-5-14(6-8-15)12-21(13-16-4-3-11-24-16)26(22,23)18-10-9-17(19)25-18/h5-10,16H,3-4,11-13H2,1-2H3/t16-/m1/s1. The molecular weight excluding hydrogens is 392 g/mol. The number of benzene rings is 1. The molecule has 0 spiro atoms. The van der Waals surface area contributed by atoms with E-state index in [1.54, 1.807) is 12.1 Å². The summed E-state index contributed by atoms with van der Waals surface area (Å²) in [6.07, 6.45) is 1.80. The summed E-state index contributed by atoms with van der Waals surface area (Å²) in [7, 11) is 0.336. The van der Waals surface area contributed by atoms with Crippen LogP contribution in [0.5, 0.6) is 0 Å². The molecule has 1 aliphatic heterocycles. The summed E-state index contributed by atoms with van der Waals surface area (Å²) in [6.45, 7) is 1.36. The van der Waals surface area contributed by atoms with Gasteiger partial charge in [0.15, 0.2) is 0 Å². The zero-order chi connectivity index (χ0) is 18.7. The van der Waals surface area contributed by atoms with Gasteiger partial charge in [-0.15, -0.1) is 11.3 Å². The third-order valence-corrected chi connectivity index (χ3v) is 7.90. The molecule has 2 aromatic rings. The molecule has 0 unspecified atom stereocenters. The first-order chi connectivity index (χ1) is 12.4. The quantitative estimate of drug-likeness (QED) is 0.690. The molecule has 1 atom stereocenters. The zero-order valence-electron chi connectivity index (χ0n) is 14.9. The van der Waals surface area contributed by atoms with Crippen LogP contribution in [0.3, 0.4) is 0 Å². The van der Waals surface area contributed by atoms with Gasteiger partial charge in [-0.1, -0.05) is 23.7 Å². The van der Waals surface area contributed by atoms with E-state index in [1.165, 1.54) is 4.31 Å². The van der Waals surface area contributed by atoms with Gasteiger partial charge in [0, 0.05) is 39.5 Å². The van der Waals surface area contributed by atoms with Crippen LogP contribution in [-0.2, 0) is 21.3 Å². The second-order valence-electron chi connectivity index (χ2n) is 6.55. The van der Waals surface area contributed by atoms with Crippen molar-refractivity contribution < 1.29 is 13.2 Å². The van der Waals surface area contributed by atoms with Crippen molar-refractivity contribution >= 4 is 38.6 Å². The first kappa shape index (κ1) is 19.6. The Morgan fingerprint density at radius 1 is 1.19 bits per heavy atom. The van der Waals surface area contributed by atoms with Crippen LogP contribution in [0.1, 0.15) is 18.4 Å². The largest absolute Gasteiger partial charge is 0.378 e. The highest BCUT2D eigenvalue weighted by Gasteiger charge is 2.30. The Bertz CT molecular complexity index is 828. The molecule has 1 aromatic carbocycles. The Kier molecular flexibility index (Phi) is 6.25. The molecule has 0 saturated carbocycles. The molecule has 0 aliphatic carbocycles. The van der Waals surface area contributed by atoms with Crippen LogP contribution >= 0.6 is 22.9 Å². The van der Waals surface area contributed by atoms with Crippen LogP contribution in [0.2, 0.25) is 4.34 Å². The summed E-state index contributed by atoms with van der Waals surface area (Å²) in [4.78, 5) is 2.01. The maximum atomic E-state index is 13.1. The van der Waals surface area contributed by atoms with E-state index in [9.17, 15) is 8.42 Å². The van der Waals surface area contributed by atoms with E-state index >= 15 is 0 Å². The average molecular weight is 415 g/mol. The Balaban J connectivity index is 1.85. The number of ether oxygens (including phenoxy) is 1. The number of anilines is 1. The van der Waals surface area contributed by atoms with E-state index in [0.717, 1.165) is 35.4 Å². The minimum Gasteiger partial charge on any atom is -0.378 e. The van der Waals surface area contributed by atoms with Crippen LogP contribution < -0.4 is 4.90 Å². The molecule has 3 rings (SSSR count). The predicted molar refractivity (Wildman–Crippen MR) is 107 cm³/mol. The second-order valence-corrected chi connectivity index (χ2v) is 10.4. The highest BCUT2D eigenvalue weighted by molar-refractivity contribution is 7.91. The second kappa shape index (κ2) is 8.27. The third kappa shape index (κ3) is 4.58. The van der Waals surface area contributed by atoms with Gasteiger partial charge in [0.2, 0.25) is 0 Å². The Hall–Kier alpha value is -1.12. The monoisotopic (exact) mass is 414 g/mol. The molecule has 8 heteroatoms. The number of nitrogens with zero attached hydrogens (tertiary/aromatic N) is 2. The predicted octanol–water partition coefficient (Wildman–Crippen LogP) is 3.84. The lowest BCUT2D eigenvalue weighted by Gasteiger charge is -2.24. The van der Waals surface area contributed by atoms with Gasteiger partial charge < -0.3 is 9.64 Å². The van der Waals surface area contributed by atoms with Crippen molar-refractivity contribution in [3.63, 3.8) is 0 Å². The van der Waals surface area contributed by atoms with Crippen LogP contribution in [0, 0.1) is 0 Å². The van der Waals surface area contributed by atoms with Gasteiger partial charge in [0.1, 0.15) is 4.21 Å². The fourth-order valence-corrected chi connectivity index (χ4v) is 6.03. The van der Waals surface area contributed by atoms with Gasteiger partial charge in [-0.25, -0.2) is 8.42 Å². The molecule has 5 nitrogen and oxygen atoms in total. The van der Waals surface area contributed by atoms with Crippen LogP contribution in [0.25, 0.3) is 0 Å². The fraction of sp³-hybridized carbons (Fsp3) is 0.444. The number of thiophene rings is 1. The molecule has 1 saturated heterocycles. The van der Waals surface area contributed by atoms with E-state index in [4.69, 9.17) is 16.3 Å². The normalized spacial score (nSPS) is 17.8. The molecule has 26 heavy (non-hydrogen) atoms. The van der Waals surface area contributed by atoms with E-state index in [2.05, 4.69) is 0 Å². The van der Waals surface area contributed by atoms with Crippen molar-refractivity contribution in [1.82, 2.24) is 4.31 Å². The summed E-state index contributed by atoms with van der Waals surface area (Å²) in [5.74, 6) is 0. The number of hydrogen-bond acceptors (Lipinski definition) is 5. The van der Waals surface area contributed by atoms with Crippen molar-refractivity contribution in [2.45, 2.75) is 29.7 Å². The van der Waals surface area contributed by atoms with Crippen molar-refractivity contribution in [3.8, 4) is 0 Å². The molecule has 0 N–H and O–H groups in total. The fourth-order valence-electron chi connectivity index (χ4n) is 2.93. The van der Waals surface area contributed by atoms with E-state index in [1.807, 2.05) is 43.3 Å². The number of hydrogen-bond donors (Lipinski definition) is 0. The molecular formula is C18H23ClN2O3S2. The topological polar surface area (TPSA) is 49.9 Å². The number of rotatable bonds is 7. The molecule has 0 radical (unpaired) electrons. The lowest BCUT2D eigenvalue weighted by molar-refractivity contribution is 0.0926.